The number of azide groups is 1. The Hall–Kier alpha value is -1.68. The summed E-state index contributed by atoms with van der Waals surface area (Å²) in [5.41, 5.74) is 7.97. The average molecular weight is 181 g/mol. The highest BCUT2D eigenvalue weighted by Gasteiger charge is 1.99. The van der Waals surface area contributed by atoms with Crippen LogP contribution in [0.15, 0.2) is 22.3 Å². The summed E-state index contributed by atoms with van der Waals surface area (Å²) in [5.74, 6) is 0. The predicted molar refractivity (Wildman–Crippen MR) is 48.4 cm³/mol. The zero-order valence-corrected chi connectivity index (χ0v) is 7.42. The van der Waals surface area contributed by atoms with Gasteiger partial charge in [0, 0.05) is 36.9 Å². The van der Waals surface area contributed by atoms with E-state index in [1.165, 1.54) is 4.57 Å². The van der Waals surface area contributed by atoms with Crippen LogP contribution in [-0.2, 0) is 13.1 Å². The average Bonchev–Trinajstić information content (AvgIpc) is 2.48. The lowest BCUT2D eigenvalue weighted by Crippen LogP contribution is -2.24. The minimum Gasteiger partial charge on any atom is -0.300 e. The van der Waals surface area contributed by atoms with Gasteiger partial charge in [-0.2, -0.15) is 0 Å². The lowest BCUT2D eigenvalue weighted by atomic mass is 10.6. The molecule has 0 aliphatic rings. The van der Waals surface area contributed by atoms with Crippen LogP contribution >= 0.6 is 0 Å². The summed E-state index contributed by atoms with van der Waals surface area (Å²) in [6.45, 7) is 3.31. The van der Waals surface area contributed by atoms with Gasteiger partial charge < -0.3 is 0 Å². The normalized spacial score (nSPS) is 9.62. The molecule has 1 heterocycles. The van der Waals surface area contributed by atoms with E-state index >= 15 is 0 Å². The molecule has 6 heteroatoms. The van der Waals surface area contributed by atoms with E-state index in [0.717, 1.165) is 0 Å². The highest BCUT2D eigenvalue weighted by molar-refractivity contribution is 4.81. The second-order valence-electron chi connectivity index (χ2n) is 2.51. The van der Waals surface area contributed by atoms with Gasteiger partial charge >= 0.3 is 5.69 Å². The molecule has 0 unspecified atom stereocenters. The summed E-state index contributed by atoms with van der Waals surface area (Å²) < 4.78 is 3.12. The van der Waals surface area contributed by atoms with Crippen LogP contribution in [0.2, 0.25) is 0 Å². The van der Waals surface area contributed by atoms with E-state index in [2.05, 4.69) is 10.0 Å². The quantitative estimate of drug-likeness (QED) is 0.387. The summed E-state index contributed by atoms with van der Waals surface area (Å²) >= 11 is 0. The molecule has 0 atom stereocenters. The van der Waals surface area contributed by atoms with E-state index in [0.29, 0.717) is 19.6 Å². The molecule has 1 aromatic rings. The van der Waals surface area contributed by atoms with Crippen LogP contribution in [0.4, 0.5) is 0 Å². The van der Waals surface area contributed by atoms with Crippen molar-refractivity contribution in [3.8, 4) is 0 Å². The minimum absolute atomic E-state index is 0.0596. The van der Waals surface area contributed by atoms with Gasteiger partial charge in [-0.1, -0.05) is 5.11 Å². The summed E-state index contributed by atoms with van der Waals surface area (Å²) in [7, 11) is 0. The fraction of sp³-hybridized carbons (Fsp3) is 0.571. The van der Waals surface area contributed by atoms with Gasteiger partial charge in [-0.15, -0.1) is 0 Å². The summed E-state index contributed by atoms with van der Waals surface area (Å²) in [5, 5.41) is 3.35. The molecule has 0 bridgehead atoms. The number of hydrogen-bond acceptors (Lipinski definition) is 2. The van der Waals surface area contributed by atoms with Crippen molar-refractivity contribution in [2.24, 2.45) is 5.11 Å². The number of aryl methyl sites for hydroxylation is 1. The lowest BCUT2D eigenvalue weighted by Gasteiger charge is -1.96. The Morgan fingerprint density at radius 3 is 2.77 bits per heavy atom. The van der Waals surface area contributed by atoms with Crippen LogP contribution in [0.25, 0.3) is 10.4 Å². The van der Waals surface area contributed by atoms with Crippen LogP contribution in [0.1, 0.15) is 6.92 Å². The Labute approximate surface area is 75.0 Å². The Morgan fingerprint density at radius 1 is 1.54 bits per heavy atom. The van der Waals surface area contributed by atoms with E-state index in [-0.39, 0.29) is 5.69 Å². The molecule has 1 aromatic heterocycles. The van der Waals surface area contributed by atoms with E-state index in [9.17, 15) is 4.79 Å². The van der Waals surface area contributed by atoms with Gasteiger partial charge in [0.25, 0.3) is 0 Å². The SMILES string of the molecule is CCn1ccn(CCN=[N+]=[N-])c1=O. The van der Waals surface area contributed by atoms with Crippen LogP contribution < -0.4 is 5.69 Å². The largest absolute Gasteiger partial charge is 0.328 e. The molecular weight excluding hydrogens is 170 g/mol. The van der Waals surface area contributed by atoms with Crippen molar-refractivity contribution in [2.45, 2.75) is 20.0 Å². The summed E-state index contributed by atoms with van der Waals surface area (Å²) in [6, 6.07) is 0. The molecule has 0 amide bonds. The van der Waals surface area contributed by atoms with E-state index in [1.807, 2.05) is 6.92 Å². The smallest absolute Gasteiger partial charge is 0.300 e. The van der Waals surface area contributed by atoms with Crippen LogP contribution in [-0.4, -0.2) is 15.7 Å². The van der Waals surface area contributed by atoms with Crippen molar-refractivity contribution in [1.29, 1.82) is 0 Å². The molecule has 13 heavy (non-hydrogen) atoms. The third-order valence-electron chi connectivity index (χ3n) is 1.76. The van der Waals surface area contributed by atoms with Gasteiger partial charge in [-0.05, 0) is 12.5 Å². The van der Waals surface area contributed by atoms with Crippen molar-refractivity contribution in [2.75, 3.05) is 6.54 Å². The van der Waals surface area contributed by atoms with Crippen LogP contribution in [0.3, 0.4) is 0 Å². The van der Waals surface area contributed by atoms with E-state index in [4.69, 9.17) is 5.53 Å². The third-order valence-corrected chi connectivity index (χ3v) is 1.76. The van der Waals surface area contributed by atoms with Crippen molar-refractivity contribution >= 4 is 0 Å². The molecule has 0 saturated carbocycles. The maximum atomic E-state index is 11.4. The van der Waals surface area contributed by atoms with Gasteiger partial charge in [-0.3, -0.25) is 9.13 Å². The fourth-order valence-electron chi connectivity index (χ4n) is 1.06. The first-order valence-corrected chi connectivity index (χ1v) is 4.06. The summed E-state index contributed by atoms with van der Waals surface area (Å²) in [6.07, 6.45) is 3.41. The standard InChI is InChI=1S/C7H11N5O/c1-2-11-5-6-12(7(11)13)4-3-9-10-8/h5-6H,2-4H2,1H3. The fourth-order valence-corrected chi connectivity index (χ4v) is 1.06. The monoisotopic (exact) mass is 181 g/mol. The highest BCUT2D eigenvalue weighted by Crippen LogP contribution is 1.85. The molecular formula is C7H11N5O. The molecule has 0 spiro atoms. The highest BCUT2D eigenvalue weighted by atomic mass is 16.1. The summed E-state index contributed by atoms with van der Waals surface area (Å²) in [4.78, 5) is 14.0. The van der Waals surface area contributed by atoms with Gasteiger partial charge in [-0.25, -0.2) is 4.79 Å². The van der Waals surface area contributed by atoms with Gasteiger partial charge in [0.15, 0.2) is 0 Å². The third kappa shape index (κ3) is 2.13. The van der Waals surface area contributed by atoms with E-state index in [1.54, 1.807) is 17.0 Å². The Bertz CT molecular complexity index is 370. The first-order valence-electron chi connectivity index (χ1n) is 4.06. The molecule has 0 aliphatic carbocycles. The van der Waals surface area contributed by atoms with Gasteiger partial charge in [0.05, 0.1) is 0 Å². The number of hydrogen-bond donors (Lipinski definition) is 0. The first-order chi connectivity index (χ1) is 6.29. The molecule has 0 saturated heterocycles. The van der Waals surface area contributed by atoms with Crippen LogP contribution in [0, 0.1) is 0 Å². The maximum Gasteiger partial charge on any atom is 0.328 e. The number of aromatic nitrogens is 2. The molecule has 0 radical (unpaired) electrons. The zero-order valence-electron chi connectivity index (χ0n) is 7.42. The molecule has 0 fully saturated rings. The molecule has 0 aromatic carbocycles. The van der Waals surface area contributed by atoms with Crippen molar-refractivity contribution in [1.82, 2.24) is 9.13 Å². The second-order valence-corrected chi connectivity index (χ2v) is 2.51. The van der Waals surface area contributed by atoms with Crippen molar-refractivity contribution < 1.29 is 0 Å². The van der Waals surface area contributed by atoms with E-state index < -0.39 is 0 Å². The lowest BCUT2D eigenvalue weighted by molar-refractivity contribution is 0.632. The molecule has 0 N–H and O–H groups in total. The van der Waals surface area contributed by atoms with Crippen LogP contribution in [0.5, 0.6) is 0 Å². The second kappa shape index (κ2) is 4.37. The topological polar surface area (TPSA) is 75.7 Å². The molecule has 1 rings (SSSR count). The predicted octanol–water partition coefficient (Wildman–Crippen LogP) is 0.980. The maximum absolute atomic E-state index is 11.4. The van der Waals surface area contributed by atoms with Gasteiger partial charge in [0.2, 0.25) is 0 Å². The number of imidazole rings is 1. The number of rotatable bonds is 4. The zero-order chi connectivity index (χ0) is 9.68. The first kappa shape index (κ1) is 9.41. The Balaban J connectivity index is 2.72. The Kier molecular flexibility index (Phi) is 3.16. The van der Waals surface area contributed by atoms with Crippen molar-refractivity contribution in [3.63, 3.8) is 0 Å². The Morgan fingerprint density at radius 2 is 2.23 bits per heavy atom. The molecule has 70 valence electrons. The van der Waals surface area contributed by atoms with Crippen molar-refractivity contribution in [3.05, 3.63) is 33.3 Å². The molecule has 6 nitrogen and oxygen atoms in total. The minimum atomic E-state index is -0.0596. The molecule has 0 aliphatic heterocycles. The van der Waals surface area contributed by atoms with Gasteiger partial charge in [0.1, 0.15) is 0 Å². The number of nitrogens with zero attached hydrogens (tertiary/aromatic N) is 5.